The van der Waals surface area contributed by atoms with Crippen molar-refractivity contribution in [3.63, 3.8) is 0 Å². The zero-order valence-corrected chi connectivity index (χ0v) is 13.7. The molecular formula is C20H36. The number of hydrogen-bond acceptors (Lipinski definition) is 0. The van der Waals surface area contributed by atoms with Gasteiger partial charge in [-0.1, -0.05) is 70.6 Å². The minimum Gasteiger partial charge on any atom is -0.0533 e. The van der Waals surface area contributed by atoms with E-state index >= 15 is 0 Å². The molecule has 3 rings (SSSR count). The van der Waals surface area contributed by atoms with Crippen LogP contribution in [0, 0.1) is 17.3 Å². The predicted molar refractivity (Wildman–Crippen MR) is 87.9 cm³/mol. The molecule has 0 heterocycles. The lowest BCUT2D eigenvalue weighted by molar-refractivity contribution is 0.0482. The molecule has 0 aromatic heterocycles. The second-order valence-corrected chi connectivity index (χ2v) is 8.30. The van der Waals surface area contributed by atoms with Gasteiger partial charge >= 0.3 is 0 Å². The molecule has 116 valence electrons. The van der Waals surface area contributed by atoms with Gasteiger partial charge < -0.3 is 0 Å². The van der Waals surface area contributed by atoms with Crippen LogP contribution in [0.2, 0.25) is 0 Å². The molecule has 0 N–H and O–H groups in total. The quantitative estimate of drug-likeness (QED) is 0.525. The molecule has 0 unspecified atom stereocenters. The van der Waals surface area contributed by atoms with Crippen LogP contribution in [0.1, 0.15) is 109 Å². The van der Waals surface area contributed by atoms with Crippen LogP contribution < -0.4 is 0 Å². The summed E-state index contributed by atoms with van der Waals surface area (Å²) in [6.45, 7) is 0. The summed E-state index contributed by atoms with van der Waals surface area (Å²) in [7, 11) is 0. The maximum atomic E-state index is 1.60. The lowest BCUT2D eigenvalue weighted by Gasteiger charge is -2.46. The van der Waals surface area contributed by atoms with Crippen molar-refractivity contribution in [2.45, 2.75) is 109 Å². The van der Waals surface area contributed by atoms with Crippen LogP contribution in [0.5, 0.6) is 0 Å². The molecule has 3 fully saturated rings. The Morgan fingerprint density at radius 1 is 0.600 bits per heavy atom. The molecule has 0 aromatic carbocycles. The second kappa shape index (κ2) is 7.32. The van der Waals surface area contributed by atoms with E-state index < -0.39 is 0 Å². The fourth-order valence-electron chi connectivity index (χ4n) is 5.80. The third kappa shape index (κ3) is 3.60. The molecule has 3 aliphatic carbocycles. The maximum absolute atomic E-state index is 1.60. The summed E-state index contributed by atoms with van der Waals surface area (Å²) in [4.78, 5) is 0. The van der Waals surface area contributed by atoms with Gasteiger partial charge in [0.1, 0.15) is 0 Å². The van der Waals surface area contributed by atoms with Gasteiger partial charge in [-0.15, -0.1) is 0 Å². The van der Waals surface area contributed by atoms with Gasteiger partial charge in [0.25, 0.3) is 0 Å². The summed E-state index contributed by atoms with van der Waals surface area (Å²) in [6, 6.07) is 0. The first-order chi connectivity index (χ1) is 9.89. The van der Waals surface area contributed by atoms with Crippen LogP contribution in [0.3, 0.4) is 0 Å². The molecule has 20 heavy (non-hydrogen) atoms. The molecule has 0 atom stereocenters. The summed E-state index contributed by atoms with van der Waals surface area (Å²) in [5.41, 5.74) is 0.802. The monoisotopic (exact) mass is 276 g/mol. The third-order valence-electron chi connectivity index (χ3n) is 7.10. The SMILES string of the molecule is C1CCC(CCC2(C3CCCCC3)CCCCC2)CC1. The Kier molecular flexibility index (Phi) is 5.46. The Balaban J connectivity index is 1.59. The van der Waals surface area contributed by atoms with Crippen molar-refractivity contribution >= 4 is 0 Å². The first-order valence-electron chi connectivity index (χ1n) is 9.89. The molecule has 0 nitrogen and oxygen atoms in total. The van der Waals surface area contributed by atoms with Gasteiger partial charge in [0.2, 0.25) is 0 Å². The van der Waals surface area contributed by atoms with Crippen LogP contribution in [-0.4, -0.2) is 0 Å². The van der Waals surface area contributed by atoms with Crippen molar-refractivity contribution in [3.8, 4) is 0 Å². The Hall–Kier alpha value is 0. The summed E-state index contributed by atoms with van der Waals surface area (Å²) >= 11 is 0. The molecule has 0 bridgehead atoms. The van der Waals surface area contributed by atoms with Crippen molar-refractivity contribution in [1.29, 1.82) is 0 Å². The van der Waals surface area contributed by atoms with Crippen LogP contribution in [-0.2, 0) is 0 Å². The van der Waals surface area contributed by atoms with Crippen molar-refractivity contribution in [2.24, 2.45) is 17.3 Å². The lowest BCUT2D eigenvalue weighted by atomic mass is 9.59. The second-order valence-electron chi connectivity index (χ2n) is 8.30. The first kappa shape index (κ1) is 14.9. The highest BCUT2D eigenvalue weighted by Crippen LogP contribution is 2.52. The third-order valence-corrected chi connectivity index (χ3v) is 7.10. The van der Waals surface area contributed by atoms with Gasteiger partial charge in [0, 0.05) is 0 Å². The largest absolute Gasteiger partial charge is 0.0533 e. The van der Waals surface area contributed by atoms with E-state index in [4.69, 9.17) is 0 Å². The topological polar surface area (TPSA) is 0 Å². The molecule has 0 amide bonds. The van der Waals surface area contributed by atoms with Crippen LogP contribution in [0.4, 0.5) is 0 Å². The van der Waals surface area contributed by atoms with Gasteiger partial charge in [-0.05, 0) is 55.8 Å². The average molecular weight is 277 g/mol. The van der Waals surface area contributed by atoms with Gasteiger partial charge in [0.15, 0.2) is 0 Å². The fourth-order valence-corrected chi connectivity index (χ4v) is 5.80. The van der Waals surface area contributed by atoms with Gasteiger partial charge in [-0.3, -0.25) is 0 Å². The van der Waals surface area contributed by atoms with E-state index in [1.54, 1.807) is 64.2 Å². The highest BCUT2D eigenvalue weighted by atomic mass is 14.4. The summed E-state index contributed by atoms with van der Waals surface area (Å²) < 4.78 is 0. The molecule has 0 heteroatoms. The zero-order valence-electron chi connectivity index (χ0n) is 13.7. The Morgan fingerprint density at radius 2 is 1.15 bits per heavy atom. The molecule has 3 saturated carbocycles. The summed E-state index contributed by atoms with van der Waals surface area (Å²) in [5, 5.41) is 0. The molecule has 0 radical (unpaired) electrons. The molecule has 0 spiro atoms. The van der Waals surface area contributed by atoms with Crippen LogP contribution in [0.15, 0.2) is 0 Å². The molecular weight excluding hydrogens is 240 g/mol. The molecule has 3 aliphatic rings. The maximum Gasteiger partial charge on any atom is -0.0269 e. The summed E-state index contributed by atoms with van der Waals surface area (Å²) in [6.07, 6.45) is 26.4. The minimum atomic E-state index is 0.802. The van der Waals surface area contributed by atoms with E-state index in [-0.39, 0.29) is 0 Å². The number of hydrogen-bond donors (Lipinski definition) is 0. The Labute approximate surface area is 127 Å². The lowest BCUT2D eigenvalue weighted by Crippen LogP contribution is -2.35. The van der Waals surface area contributed by atoms with E-state index in [1.807, 2.05) is 0 Å². The smallest absolute Gasteiger partial charge is 0.0269 e. The van der Waals surface area contributed by atoms with Crippen LogP contribution in [0.25, 0.3) is 0 Å². The average Bonchev–Trinajstić information content (AvgIpc) is 2.56. The van der Waals surface area contributed by atoms with Gasteiger partial charge in [0.05, 0.1) is 0 Å². The van der Waals surface area contributed by atoms with E-state index in [1.165, 1.54) is 44.9 Å². The minimum absolute atomic E-state index is 0.802. The van der Waals surface area contributed by atoms with E-state index in [0.29, 0.717) is 0 Å². The van der Waals surface area contributed by atoms with Gasteiger partial charge in [-0.2, -0.15) is 0 Å². The standard InChI is InChI=1S/C20H36/c1-4-10-18(11-5-1)14-17-20(15-8-3-9-16-20)19-12-6-2-7-13-19/h18-19H,1-17H2. The van der Waals surface area contributed by atoms with Crippen molar-refractivity contribution in [2.75, 3.05) is 0 Å². The van der Waals surface area contributed by atoms with E-state index in [0.717, 1.165) is 17.3 Å². The summed E-state index contributed by atoms with van der Waals surface area (Å²) in [5.74, 6) is 2.21. The number of rotatable bonds is 4. The highest BCUT2D eigenvalue weighted by Gasteiger charge is 2.39. The predicted octanol–water partition coefficient (Wildman–Crippen LogP) is 6.88. The van der Waals surface area contributed by atoms with E-state index in [9.17, 15) is 0 Å². The molecule has 0 saturated heterocycles. The Bertz CT molecular complexity index is 262. The highest BCUT2D eigenvalue weighted by molar-refractivity contribution is 4.91. The normalized spacial score (nSPS) is 29.4. The first-order valence-corrected chi connectivity index (χ1v) is 9.89. The van der Waals surface area contributed by atoms with Crippen LogP contribution >= 0.6 is 0 Å². The zero-order chi connectivity index (χ0) is 13.7. The fraction of sp³-hybridized carbons (Fsp3) is 1.00. The van der Waals surface area contributed by atoms with Crippen molar-refractivity contribution in [3.05, 3.63) is 0 Å². The van der Waals surface area contributed by atoms with E-state index in [2.05, 4.69) is 0 Å². The Morgan fingerprint density at radius 3 is 1.80 bits per heavy atom. The molecule has 0 aliphatic heterocycles. The van der Waals surface area contributed by atoms with Gasteiger partial charge in [-0.25, -0.2) is 0 Å². The van der Waals surface area contributed by atoms with Crippen molar-refractivity contribution < 1.29 is 0 Å². The van der Waals surface area contributed by atoms with Crippen molar-refractivity contribution in [1.82, 2.24) is 0 Å². The molecule has 0 aromatic rings.